The molecule has 0 aliphatic carbocycles. The predicted molar refractivity (Wildman–Crippen MR) is 109 cm³/mol. The first-order valence-corrected chi connectivity index (χ1v) is 10.1. The van der Waals surface area contributed by atoms with Crippen LogP contribution < -0.4 is 15.5 Å². The summed E-state index contributed by atoms with van der Waals surface area (Å²) in [5.74, 6) is 0.384. The third kappa shape index (κ3) is 4.27. The van der Waals surface area contributed by atoms with Gasteiger partial charge in [-0.1, -0.05) is 6.92 Å². The van der Waals surface area contributed by atoms with E-state index in [0.717, 1.165) is 12.3 Å². The average molecular weight is 452 g/mol. The molecule has 1 aromatic rings. The summed E-state index contributed by atoms with van der Waals surface area (Å²) in [5.41, 5.74) is -1.17. The lowest BCUT2D eigenvalue weighted by molar-refractivity contribution is -0.137. The van der Waals surface area contributed by atoms with Crippen molar-refractivity contribution in [2.24, 2.45) is 10.9 Å². The molecule has 9 nitrogen and oxygen atoms in total. The van der Waals surface area contributed by atoms with Crippen LogP contribution in [0.15, 0.2) is 35.2 Å². The molecule has 2 atom stereocenters. The van der Waals surface area contributed by atoms with Crippen molar-refractivity contribution in [2.45, 2.75) is 25.6 Å². The number of fused-ring (bicyclic) bond motifs is 1. The first-order chi connectivity index (χ1) is 15.1. The summed E-state index contributed by atoms with van der Waals surface area (Å²) in [5, 5.41) is 5.41. The maximum absolute atomic E-state index is 12.7. The van der Waals surface area contributed by atoms with Crippen LogP contribution >= 0.6 is 0 Å². The number of alkyl halides is 3. The van der Waals surface area contributed by atoms with Crippen LogP contribution in [0.5, 0.6) is 0 Å². The molecule has 4 heterocycles. The van der Waals surface area contributed by atoms with E-state index in [4.69, 9.17) is 4.74 Å². The highest BCUT2D eigenvalue weighted by molar-refractivity contribution is 6.07. The zero-order chi connectivity index (χ0) is 23.1. The predicted octanol–water partition coefficient (Wildman–Crippen LogP) is 1.73. The first kappa shape index (κ1) is 22.1. The van der Waals surface area contributed by atoms with Gasteiger partial charge in [0, 0.05) is 50.2 Å². The molecule has 2 unspecified atom stereocenters. The summed E-state index contributed by atoms with van der Waals surface area (Å²) >= 11 is 0. The van der Waals surface area contributed by atoms with Crippen LogP contribution in [0.3, 0.4) is 0 Å². The Bertz CT molecular complexity index is 970. The van der Waals surface area contributed by atoms with Crippen LogP contribution in [-0.4, -0.2) is 66.0 Å². The van der Waals surface area contributed by atoms with Gasteiger partial charge in [0.2, 0.25) is 5.91 Å². The Labute approximate surface area is 182 Å². The van der Waals surface area contributed by atoms with Gasteiger partial charge < -0.3 is 15.0 Å². The van der Waals surface area contributed by atoms with Gasteiger partial charge in [-0.3, -0.25) is 15.0 Å². The van der Waals surface area contributed by atoms with Gasteiger partial charge in [-0.2, -0.15) is 13.2 Å². The van der Waals surface area contributed by atoms with E-state index >= 15 is 0 Å². The molecule has 2 amide bonds. The second-order valence-electron chi connectivity index (χ2n) is 8.12. The van der Waals surface area contributed by atoms with Crippen LogP contribution in [0.4, 0.5) is 23.8 Å². The van der Waals surface area contributed by atoms with E-state index < -0.39 is 23.4 Å². The van der Waals surface area contributed by atoms with Gasteiger partial charge in [0.1, 0.15) is 5.82 Å². The van der Waals surface area contributed by atoms with Crippen molar-refractivity contribution < 1.29 is 27.5 Å². The number of pyridine rings is 1. The fraction of sp³-hybridized carbons (Fsp3) is 0.500. The van der Waals surface area contributed by atoms with Crippen molar-refractivity contribution >= 4 is 23.7 Å². The van der Waals surface area contributed by atoms with E-state index in [9.17, 15) is 22.8 Å². The lowest BCUT2D eigenvalue weighted by atomic mass is 9.85. The zero-order valence-electron chi connectivity index (χ0n) is 17.6. The lowest BCUT2D eigenvalue weighted by Crippen LogP contribution is -2.51. The normalized spacial score (nSPS) is 26.0. The Balaban J connectivity index is 1.28. The average Bonchev–Trinajstić information content (AvgIpc) is 3.05. The Hall–Kier alpha value is -3.15. The number of alkyl carbamates (subject to hydrolysis) is 1. The second kappa shape index (κ2) is 8.08. The number of carbonyl (C=O) groups is 2. The molecule has 32 heavy (non-hydrogen) atoms. The van der Waals surface area contributed by atoms with Crippen molar-refractivity contribution in [2.75, 3.05) is 37.6 Å². The number of aliphatic imine (C=N–C) groups is 1. The fourth-order valence-corrected chi connectivity index (χ4v) is 3.90. The highest BCUT2D eigenvalue weighted by Crippen LogP contribution is 2.34. The minimum Gasteiger partial charge on any atom is -0.434 e. The third-order valence-electron chi connectivity index (χ3n) is 6.04. The summed E-state index contributed by atoms with van der Waals surface area (Å²) < 4.78 is 43.4. The molecule has 12 heteroatoms. The third-order valence-corrected chi connectivity index (χ3v) is 6.04. The van der Waals surface area contributed by atoms with Crippen LogP contribution in [0.1, 0.15) is 19.4 Å². The lowest BCUT2D eigenvalue weighted by Gasteiger charge is -2.36. The van der Waals surface area contributed by atoms with Crippen LogP contribution in [0.2, 0.25) is 0 Å². The molecule has 3 aliphatic heterocycles. The van der Waals surface area contributed by atoms with E-state index in [1.165, 1.54) is 12.3 Å². The van der Waals surface area contributed by atoms with Gasteiger partial charge in [-0.25, -0.2) is 14.8 Å². The SMILES string of the molecule is CC1C(NC(=O)CN2CCN(c3ccc(C(F)(F)F)cn3)CC2)=CN=C2NC(=O)OC21C. The maximum atomic E-state index is 12.7. The van der Waals surface area contributed by atoms with E-state index in [0.29, 0.717) is 43.5 Å². The smallest absolute Gasteiger partial charge is 0.417 e. The molecule has 2 saturated heterocycles. The number of nitrogens with one attached hydrogen (secondary N) is 2. The number of rotatable bonds is 4. The number of ether oxygens (including phenoxy) is 1. The second-order valence-corrected chi connectivity index (χ2v) is 8.12. The molecule has 2 fully saturated rings. The Kier molecular flexibility index (Phi) is 5.57. The summed E-state index contributed by atoms with van der Waals surface area (Å²) in [7, 11) is 0. The molecule has 0 saturated carbocycles. The molecule has 3 aliphatic rings. The molecule has 0 radical (unpaired) electrons. The summed E-state index contributed by atoms with van der Waals surface area (Å²) in [6.07, 6.45) is -2.63. The molecule has 4 rings (SSSR count). The number of hydrogen-bond acceptors (Lipinski definition) is 7. The number of amidine groups is 1. The molecule has 0 spiro atoms. The number of piperazine rings is 1. The van der Waals surface area contributed by atoms with E-state index in [1.807, 2.05) is 16.7 Å². The molecule has 0 aromatic carbocycles. The summed E-state index contributed by atoms with van der Waals surface area (Å²) in [6, 6.07) is 2.38. The molecule has 172 valence electrons. The minimum atomic E-state index is -4.41. The highest BCUT2D eigenvalue weighted by Gasteiger charge is 2.50. The number of hydrogen-bond donors (Lipinski definition) is 2. The van der Waals surface area contributed by atoms with Crippen molar-refractivity contribution in [1.29, 1.82) is 0 Å². The molecular formula is C20H23F3N6O3. The van der Waals surface area contributed by atoms with Crippen molar-refractivity contribution in [3.05, 3.63) is 35.8 Å². The van der Waals surface area contributed by atoms with Crippen molar-refractivity contribution in [1.82, 2.24) is 20.5 Å². The van der Waals surface area contributed by atoms with Crippen LogP contribution in [-0.2, 0) is 15.7 Å². The van der Waals surface area contributed by atoms with Gasteiger partial charge >= 0.3 is 12.3 Å². The number of nitrogens with zero attached hydrogens (tertiary/aromatic N) is 4. The maximum Gasteiger partial charge on any atom is 0.417 e. The standard InChI is InChI=1S/C20H23F3N6O3/c1-12-14(10-25-17-19(12,2)32-18(31)27-17)26-16(30)11-28-5-7-29(8-6-28)15-4-3-13(9-24-15)20(21,22)23/h3-4,9-10,12H,5-8,11H2,1-2H3,(H,26,30)(H,25,27,31). The molecule has 2 N–H and O–H groups in total. The largest absolute Gasteiger partial charge is 0.434 e. The Morgan fingerprint density at radius 1 is 1.31 bits per heavy atom. The van der Waals surface area contributed by atoms with Gasteiger partial charge in [0.05, 0.1) is 12.1 Å². The van der Waals surface area contributed by atoms with Gasteiger partial charge in [0.25, 0.3) is 0 Å². The number of carbonyl (C=O) groups excluding carboxylic acids is 2. The van der Waals surface area contributed by atoms with E-state index in [-0.39, 0.29) is 18.4 Å². The van der Waals surface area contributed by atoms with Crippen LogP contribution in [0.25, 0.3) is 0 Å². The molecular weight excluding hydrogens is 429 g/mol. The molecule has 0 bridgehead atoms. The topological polar surface area (TPSA) is 99.2 Å². The Morgan fingerprint density at radius 3 is 2.66 bits per heavy atom. The van der Waals surface area contributed by atoms with Crippen LogP contribution in [0, 0.1) is 5.92 Å². The number of aromatic nitrogens is 1. The molecule has 1 aromatic heterocycles. The minimum absolute atomic E-state index is 0.156. The van der Waals surface area contributed by atoms with Crippen molar-refractivity contribution in [3.8, 4) is 0 Å². The Morgan fingerprint density at radius 2 is 2.03 bits per heavy atom. The number of amides is 2. The van der Waals surface area contributed by atoms with Gasteiger partial charge in [0.15, 0.2) is 11.4 Å². The van der Waals surface area contributed by atoms with E-state index in [1.54, 1.807) is 6.92 Å². The highest BCUT2D eigenvalue weighted by atomic mass is 19.4. The quantitative estimate of drug-likeness (QED) is 0.722. The first-order valence-electron chi connectivity index (χ1n) is 10.1. The summed E-state index contributed by atoms with van der Waals surface area (Å²) in [6.45, 7) is 5.94. The number of anilines is 1. The zero-order valence-corrected chi connectivity index (χ0v) is 17.6. The van der Waals surface area contributed by atoms with Crippen molar-refractivity contribution in [3.63, 3.8) is 0 Å². The van der Waals surface area contributed by atoms with Gasteiger partial charge in [-0.15, -0.1) is 0 Å². The number of halogens is 3. The summed E-state index contributed by atoms with van der Waals surface area (Å²) in [4.78, 5) is 36.1. The fourth-order valence-electron chi connectivity index (χ4n) is 3.90. The van der Waals surface area contributed by atoms with Gasteiger partial charge in [-0.05, 0) is 19.1 Å². The monoisotopic (exact) mass is 452 g/mol. The van der Waals surface area contributed by atoms with E-state index in [2.05, 4.69) is 20.6 Å².